The van der Waals surface area contributed by atoms with Crippen molar-refractivity contribution in [3.05, 3.63) is 0 Å². The van der Waals surface area contributed by atoms with Crippen molar-refractivity contribution in [1.82, 2.24) is 10.2 Å². The van der Waals surface area contributed by atoms with E-state index in [1.807, 2.05) is 11.8 Å². The number of nitrogens with zero attached hydrogens (tertiary/aromatic N) is 1. The molecule has 1 aliphatic carbocycles. The maximum Gasteiger partial charge on any atom is 0.317 e. The maximum atomic E-state index is 11.9. The summed E-state index contributed by atoms with van der Waals surface area (Å²) >= 11 is 1.84. The third-order valence-electron chi connectivity index (χ3n) is 3.74. The number of carbonyl (C=O) groups excluding carboxylic acids is 1. The van der Waals surface area contributed by atoms with Crippen LogP contribution in [0.2, 0.25) is 0 Å². The molecule has 2 amide bonds. The van der Waals surface area contributed by atoms with E-state index in [0.29, 0.717) is 19.5 Å². The first-order valence-electron chi connectivity index (χ1n) is 6.75. The van der Waals surface area contributed by atoms with Crippen molar-refractivity contribution in [2.75, 3.05) is 26.4 Å². The molecule has 0 aromatic carbocycles. The van der Waals surface area contributed by atoms with Crippen LogP contribution in [0.15, 0.2) is 0 Å². The number of carboxylic acid groups (broad SMARTS) is 1. The summed E-state index contributed by atoms with van der Waals surface area (Å²) in [5, 5.41) is 11.5. The molecule has 0 heterocycles. The standard InChI is InChI=1S/C13H24N2O3S/c1-15(9-5-6-11(16)17)12(18)14-10-13(19-2)7-3-4-8-13/h3-10H2,1-2H3,(H,14,18)(H,16,17). The molecule has 0 saturated heterocycles. The Morgan fingerprint density at radius 2 is 2.00 bits per heavy atom. The molecule has 0 aromatic heterocycles. The minimum atomic E-state index is -0.818. The Labute approximate surface area is 119 Å². The van der Waals surface area contributed by atoms with Gasteiger partial charge in [0.05, 0.1) is 0 Å². The lowest BCUT2D eigenvalue weighted by Crippen LogP contribution is -2.44. The Balaban J connectivity index is 2.27. The fraction of sp³-hybridized carbons (Fsp3) is 0.846. The molecule has 0 unspecified atom stereocenters. The van der Waals surface area contributed by atoms with Gasteiger partial charge in [0.1, 0.15) is 0 Å². The van der Waals surface area contributed by atoms with Gasteiger partial charge in [0, 0.05) is 31.3 Å². The number of carboxylic acids is 1. The molecule has 0 bridgehead atoms. The first kappa shape index (κ1) is 16.1. The van der Waals surface area contributed by atoms with Gasteiger partial charge in [-0.3, -0.25) is 4.79 Å². The van der Waals surface area contributed by atoms with Crippen LogP contribution in [-0.2, 0) is 4.79 Å². The normalized spacial score (nSPS) is 17.2. The molecule has 1 saturated carbocycles. The van der Waals surface area contributed by atoms with Crippen molar-refractivity contribution < 1.29 is 14.7 Å². The summed E-state index contributed by atoms with van der Waals surface area (Å²) < 4.78 is 0.206. The van der Waals surface area contributed by atoms with Gasteiger partial charge in [-0.15, -0.1) is 0 Å². The third-order valence-corrected chi connectivity index (χ3v) is 5.16. The zero-order valence-electron chi connectivity index (χ0n) is 11.8. The van der Waals surface area contributed by atoms with Crippen molar-refractivity contribution >= 4 is 23.8 Å². The first-order chi connectivity index (χ1) is 8.99. The molecule has 1 fully saturated rings. The van der Waals surface area contributed by atoms with E-state index in [0.717, 1.165) is 12.8 Å². The van der Waals surface area contributed by atoms with Crippen LogP contribution < -0.4 is 5.32 Å². The number of hydrogen-bond acceptors (Lipinski definition) is 3. The minimum absolute atomic E-state index is 0.104. The van der Waals surface area contributed by atoms with Crippen LogP contribution >= 0.6 is 11.8 Å². The molecule has 0 atom stereocenters. The third kappa shape index (κ3) is 5.30. The Morgan fingerprint density at radius 1 is 1.37 bits per heavy atom. The highest BCUT2D eigenvalue weighted by molar-refractivity contribution is 8.00. The number of rotatable bonds is 7. The second kappa shape index (κ2) is 7.62. The SMILES string of the molecule is CSC1(CNC(=O)N(C)CCCC(=O)O)CCCC1. The number of carbonyl (C=O) groups is 2. The van der Waals surface area contributed by atoms with E-state index in [-0.39, 0.29) is 17.2 Å². The number of urea groups is 1. The van der Waals surface area contributed by atoms with Crippen molar-refractivity contribution in [1.29, 1.82) is 0 Å². The highest BCUT2D eigenvalue weighted by Crippen LogP contribution is 2.39. The summed E-state index contributed by atoms with van der Waals surface area (Å²) in [7, 11) is 1.71. The average Bonchev–Trinajstić information content (AvgIpc) is 2.84. The second-order valence-electron chi connectivity index (χ2n) is 5.17. The van der Waals surface area contributed by atoms with Gasteiger partial charge in [-0.05, 0) is 25.5 Å². The van der Waals surface area contributed by atoms with E-state index in [2.05, 4.69) is 11.6 Å². The molecule has 2 N–H and O–H groups in total. The monoisotopic (exact) mass is 288 g/mol. The molecule has 0 aromatic rings. The van der Waals surface area contributed by atoms with Gasteiger partial charge < -0.3 is 15.3 Å². The molecule has 0 radical (unpaired) electrons. The van der Waals surface area contributed by atoms with E-state index >= 15 is 0 Å². The van der Waals surface area contributed by atoms with Gasteiger partial charge in [-0.1, -0.05) is 12.8 Å². The Bertz CT molecular complexity index is 317. The van der Waals surface area contributed by atoms with E-state index in [9.17, 15) is 9.59 Å². The molecule has 5 nitrogen and oxygen atoms in total. The van der Waals surface area contributed by atoms with Gasteiger partial charge in [0.25, 0.3) is 0 Å². The van der Waals surface area contributed by atoms with Crippen LogP contribution in [0.1, 0.15) is 38.5 Å². The first-order valence-corrected chi connectivity index (χ1v) is 7.97. The van der Waals surface area contributed by atoms with E-state index in [1.54, 1.807) is 11.9 Å². The predicted octanol–water partition coefficient (Wildman–Crippen LogP) is 2.17. The van der Waals surface area contributed by atoms with Crippen LogP contribution in [0, 0.1) is 0 Å². The summed E-state index contributed by atoms with van der Waals surface area (Å²) in [4.78, 5) is 23.9. The van der Waals surface area contributed by atoms with E-state index in [4.69, 9.17) is 5.11 Å². The largest absolute Gasteiger partial charge is 0.481 e. The predicted molar refractivity (Wildman–Crippen MR) is 77.6 cm³/mol. The minimum Gasteiger partial charge on any atom is -0.481 e. The molecule has 1 rings (SSSR count). The lowest BCUT2D eigenvalue weighted by atomic mass is 10.1. The number of amides is 2. The van der Waals surface area contributed by atoms with Crippen LogP contribution in [0.3, 0.4) is 0 Å². The topological polar surface area (TPSA) is 69.6 Å². The van der Waals surface area contributed by atoms with Gasteiger partial charge in [-0.25, -0.2) is 4.79 Å². The van der Waals surface area contributed by atoms with E-state index < -0.39 is 5.97 Å². The molecule has 0 spiro atoms. The van der Waals surface area contributed by atoms with Gasteiger partial charge in [0.15, 0.2) is 0 Å². The zero-order valence-corrected chi connectivity index (χ0v) is 12.6. The van der Waals surface area contributed by atoms with Gasteiger partial charge in [-0.2, -0.15) is 11.8 Å². The lowest BCUT2D eigenvalue weighted by Gasteiger charge is -2.28. The number of nitrogens with one attached hydrogen (secondary N) is 1. The Hall–Kier alpha value is -0.910. The van der Waals surface area contributed by atoms with Crippen molar-refractivity contribution in [2.24, 2.45) is 0 Å². The maximum absolute atomic E-state index is 11.9. The number of hydrogen-bond donors (Lipinski definition) is 2. The molecule has 110 valence electrons. The lowest BCUT2D eigenvalue weighted by molar-refractivity contribution is -0.137. The van der Waals surface area contributed by atoms with Crippen molar-refractivity contribution in [3.8, 4) is 0 Å². The van der Waals surface area contributed by atoms with Gasteiger partial charge >= 0.3 is 12.0 Å². The fourth-order valence-electron chi connectivity index (χ4n) is 2.41. The summed E-state index contributed by atoms with van der Waals surface area (Å²) in [6.07, 6.45) is 7.51. The number of aliphatic carboxylic acids is 1. The molecular formula is C13H24N2O3S. The smallest absolute Gasteiger partial charge is 0.317 e. The van der Waals surface area contributed by atoms with Gasteiger partial charge in [0.2, 0.25) is 0 Å². The summed E-state index contributed by atoms with van der Waals surface area (Å²) in [5.74, 6) is -0.818. The highest BCUT2D eigenvalue weighted by Gasteiger charge is 2.33. The molecule has 1 aliphatic rings. The molecule has 0 aliphatic heterocycles. The summed E-state index contributed by atoms with van der Waals surface area (Å²) in [6.45, 7) is 1.18. The second-order valence-corrected chi connectivity index (χ2v) is 6.45. The Morgan fingerprint density at radius 3 is 2.53 bits per heavy atom. The molecule has 19 heavy (non-hydrogen) atoms. The highest BCUT2D eigenvalue weighted by atomic mass is 32.2. The number of thioether (sulfide) groups is 1. The summed E-state index contributed by atoms with van der Waals surface area (Å²) in [5.41, 5.74) is 0. The van der Waals surface area contributed by atoms with Crippen LogP contribution in [0.4, 0.5) is 4.79 Å². The quantitative estimate of drug-likeness (QED) is 0.753. The van der Waals surface area contributed by atoms with Crippen LogP contribution in [0.25, 0.3) is 0 Å². The Kier molecular flexibility index (Phi) is 6.48. The fourth-order valence-corrected chi connectivity index (χ4v) is 3.33. The van der Waals surface area contributed by atoms with E-state index in [1.165, 1.54) is 12.8 Å². The molecular weight excluding hydrogens is 264 g/mol. The van der Waals surface area contributed by atoms with Crippen molar-refractivity contribution in [2.45, 2.75) is 43.3 Å². The van der Waals surface area contributed by atoms with Crippen LogP contribution in [-0.4, -0.2) is 53.1 Å². The van der Waals surface area contributed by atoms with Crippen LogP contribution in [0.5, 0.6) is 0 Å². The zero-order chi connectivity index (χ0) is 14.3. The average molecular weight is 288 g/mol. The molecule has 6 heteroatoms. The van der Waals surface area contributed by atoms with Crippen molar-refractivity contribution in [3.63, 3.8) is 0 Å². The summed E-state index contributed by atoms with van der Waals surface area (Å²) in [6, 6.07) is -0.106.